The van der Waals surface area contributed by atoms with Gasteiger partial charge in [0, 0.05) is 23.7 Å². The van der Waals surface area contributed by atoms with Crippen LogP contribution in [0.25, 0.3) is 0 Å². The van der Waals surface area contributed by atoms with Crippen molar-refractivity contribution in [1.29, 1.82) is 0 Å². The van der Waals surface area contributed by atoms with Crippen molar-refractivity contribution >= 4 is 23.4 Å². The van der Waals surface area contributed by atoms with Crippen molar-refractivity contribution in [3.63, 3.8) is 0 Å². The van der Waals surface area contributed by atoms with E-state index in [0.717, 1.165) is 41.3 Å². The molecule has 4 nitrogen and oxygen atoms in total. The minimum Gasteiger partial charge on any atom is -0.496 e. The lowest BCUT2D eigenvalue weighted by Gasteiger charge is -2.29. The molecule has 0 saturated heterocycles. The van der Waals surface area contributed by atoms with Crippen molar-refractivity contribution in [1.82, 2.24) is 5.32 Å². The maximum Gasteiger partial charge on any atom is 0.240 e. The van der Waals surface area contributed by atoms with Crippen LogP contribution in [0.2, 0.25) is 0 Å². The summed E-state index contributed by atoms with van der Waals surface area (Å²) >= 11 is 1.66. The first-order chi connectivity index (χ1) is 12.2. The molecule has 25 heavy (non-hydrogen) atoms. The molecule has 0 radical (unpaired) electrons. The molecule has 0 spiro atoms. The van der Waals surface area contributed by atoms with E-state index in [1.54, 1.807) is 18.9 Å². The lowest BCUT2D eigenvalue weighted by molar-refractivity contribution is -0.117. The van der Waals surface area contributed by atoms with Crippen LogP contribution in [0.5, 0.6) is 5.75 Å². The number of ether oxygens (including phenoxy) is 1. The van der Waals surface area contributed by atoms with Gasteiger partial charge in [0.15, 0.2) is 0 Å². The number of rotatable bonds is 6. The van der Waals surface area contributed by atoms with E-state index < -0.39 is 0 Å². The predicted molar refractivity (Wildman–Crippen MR) is 104 cm³/mol. The molecule has 0 unspecified atom stereocenters. The van der Waals surface area contributed by atoms with Crippen LogP contribution in [-0.2, 0) is 17.8 Å². The van der Waals surface area contributed by atoms with Gasteiger partial charge >= 0.3 is 0 Å². The number of methoxy groups -OCH3 is 1. The highest BCUT2D eigenvalue weighted by molar-refractivity contribution is 7.98. The third-order valence-electron chi connectivity index (χ3n) is 4.46. The first-order valence-electron chi connectivity index (χ1n) is 8.53. The van der Waals surface area contributed by atoms with Crippen molar-refractivity contribution < 1.29 is 9.53 Å². The van der Waals surface area contributed by atoms with Crippen molar-refractivity contribution in [2.45, 2.75) is 24.3 Å². The van der Waals surface area contributed by atoms with Gasteiger partial charge in [-0.15, -0.1) is 11.8 Å². The Morgan fingerprint density at radius 3 is 2.92 bits per heavy atom. The van der Waals surface area contributed by atoms with Gasteiger partial charge in [-0.25, -0.2) is 0 Å². The number of aryl methyl sites for hydroxylation is 1. The first kappa shape index (κ1) is 17.8. The number of benzene rings is 2. The van der Waals surface area contributed by atoms with Gasteiger partial charge in [-0.2, -0.15) is 0 Å². The second-order valence-corrected chi connectivity index (χ2v) is 6.92. The molecular weight excluding hydrogens is 332 g/mol. The van der Waals surface area contributed by atoms with Gasteiger partial charge < -0.3 is 15.0 Å². The van der Waals surface area contributed by atoms with Crippen molar-refractivity contribution in [2.24, 2.45) is 0 Å². The fourth-order valence-corrected chi connectivity index (χ4v) is 3.74. The van der Waals surface area contributed by atoms with Gasteiger partial charge in [-0.05, 0) is 48.4 Å². The van der Waals surface area contributed by atoms with Crippen LogP contribution in [0.15, 0.2) is 47.4 Å². The number of nitrogens with zero attached hydrogens (tertiary/aromatic N) is 1. The van der Waals surface area contributed by atoms with Crippen LogP contribution < -0.4 is 15.0 Å². The molecule has 0 atom stereocenters. The summed E-state index contributed by atoms with van der Waals surface area (Å²) in [5.41, 5.74) is 3.44. The summed E-state index contributed by atoms with van der Waals surface area (Å²) in [5.74, 6) is 1.00. The Hall–Kier alpha value is -1.98. The third-order valence-corrected chi connectivity index (χ3v) is 5.24. The first-order valence-corrected chi connectivity index (χ1v) is 9.75. The zero-order valence-corrected chi connectivity index (χ0v) is 15.6. The quantitative estimate of drug-likeness (QED) is 0.805. The molecule has 5 heteroatoms. The monoisotopic (exact) mass is 356 g/mol. The van der Waals surface area contributed by atoms with E-state index in [9.17, 15) is 4.79 Å². The van der Waals surface area contributed by atoms with Crippen LogP contribution in [0, 0.1) is 0 Å². The molecule has 1 amide bonds. The maximum absolute atomic E-state index is 12.6. The highest BCUT2D eigenvalue weighted by Crippen LogP contribution is 2.28. The molecule has 0 fully saturated rings. The summed E-state index contributed by atoms with van der Waals surface area (Å²) in [7, 11) is 1.68. The summed E-state index contributed by atoms with van der Waals surface area (Å²) in [6.45, 7) is 1.78. The van der Waals surface area contributed by atoms with Gasteiger partial charge in [0.2, 0.25) is 5.91 Å². The van der Waals surface area contributed by atoms with Gasteiger partial charge in [-0.3, -0.25) is 4.79 Å². The number of hydrogen-bond donors (Lipinski definition) is 1. The van der Waals surface area contributed by atoms with Crippen LogP contribution in [0.1, 0.15) is 17.5 Å². The summed E-state index contributed by atoms with van der Waals surface area (Å²) in [6.07, 6.45) is 4.11. The van der Waals surface area contributed by atoms with Crippen LogP contribution in [-0.4, -0.2) is 32.4 Å². The molecule has 0 aliphatic carbocycles. The molecular formula is C20H24N2O2S. The Bertz CT molecular complexity index is 748. The number of para-hydroxylation sites is 1. The Morgan fingerprint density at radius 1 is 1.28 bits per heavy atom. The topological polar surface area (TPSA) is 41.6 Å². The third kappa shape index (κ3) is 4.17. The van der Waals surface area contributed by atoms with Crippen LogP contribution in [0.4, 0.5) is 5.69 Å². The molecule has 1 N–H and O–H groups in total. The molecule has 132 valence electrons. The second-order valence-electron chi connectivity index (χ2n) is 6.07. The lowest BCUT2D eigenvalue weighted by Crippen LogP contribution is -2.41. The molecule has 0 aromatic heterocycles. The van der Waals surface area contributed by atoms with Crippen LogP contribution in [0.3, 0.4) is 0 Å². The Labute approximate surface area is 153 Å². The lowest BCUT2D eigenvalue weighted by atomic mass is 10.0. The van der Waals surface area contributed by atoms with E-state index in [1.165, 1.54) is 5.56 Å². The number of hydrogen-bond acceptors (Lipinski definition) is 4. The Balaban J connectivity index is 1.59. The summed E-state index contributed by atoms with van der Waals surface area (Å²) < 4.78 is 5.41. The maximum atomic E-state index is 12.6. The number of fused-ring (bicyclic) bond motifs is 1. The van der Waals surface area contributed by atoms with E-state index in [4.69, 9.17) is 4.74 Å². The van der Waals surface area contributed by atoms with Crippen molar-refractivity contribution in [3.05, 3.63) is 53.6 Å². The highest BCUT2D eigenvalue weighted by Gasteiger charge is 2.21. The van der Waals surface area contributed by atoms with E-state index in [0.29, 0.717) is 13.1 Å². The van der Waals surface area contributed by atoms with Gasteiger partial charge in [-0.1, -0.05) is 24.3 Å². The highest BCUT2D eigenvalue weighted by atomic mass is 32.2. The minimum absolute atomic E-state index is 0.125. The summed E-state index contributed by atoms with van der Waals surface area (Å²) in [5, 5.41) is 3.26. The normalized spacial score (nSPS) is 13.4. The number of anilines is 1. The molecule has 0 bridgehead atoms. The fourth-order valence-electron chi connectivity index (χ4n) is 3.19. The molecule has 3 rings (SSSR count). The van der Waals surface area contributed by atoms with E-state index in [1.807, 2.05) is 35.4 Å². The SMILES string of the molecule is COc1cc(CNCC(=O)N2CCCc3ccccc32)ccc1SC. The molecule has 1 heterocycles. The molecule has 2 aromatic rings. The molecule has 0 saturated carbocycles. The van der Waals surface area contributed by atoms with Gasteiger partial charge in [0.25, 0.3) is 0 Å². The summed E-state index contributed by atoms with van der Waals surface area (Å²) in [6, 6.07) is 14.3. The molecule has 1 aliphatic rings. The number of nitrogens with one attached hydrogen (secondary N) is 1. The van der Waals surface area contributed by atoms with E-state index in [2.05, 4.69) is 23.5 Å². The van der Waals surface area contributed by atoms with Gasteiger partial charge in [0.1, 0.15) is 5.75 Å². The van der Waals surface area contributed by atoms with E-state index >= 15 is 0 Å². The smallest absolute Gasteiger partial charge is 0.240 e. The largest absolute Gasteiger partial charge is 0.496 e. The molecule has 2 aromatic carbocycles. The average molecular weight is 356 g/mol. The zero-order chi connectivity index (χ0) is 17.6. The minimum atomic E-state index is 0.125. The standard InChI is InChI=1S/C20H24N2O2S/c1-24-18-12-15(9-10-19(18)25-2)13-21-14-20(23)22-11-5-7-16-6-3-4-8-17(16)22/h3-4,6,8-10,12,21H,5,7,11,13-14H2,1-2H3. The second kappa shape index (κ2) is 8.41. The van der Waals surface area contributed by atoms with Crippen molar-refractivity contribution in [2.75, 3.05) is 31.4 Å². The number of thioether (sulfide) groups is 1. The Morgan fingerprint density at radius 2 is 2.12 bits per heavy atom. The number of carbonyl (C=O) groups is 1. The summed E-state index contributed by atoms with van der Waals surface area (Å²) in [4.78, 5) is 15.6. The molecule has 1 aliphatic heterocycles. The zero-order valence-electron chi connectivity index (χ0n) is 14.7. The van der Waals surface area contributed by atoms with Gasteiger partial charge in [0.05, 0.1) is 13.7 Å². The average Bonchev–Trinajstić information content (AvgIpc) is 2.67. The predicted octanol–water partition coefficient (Wildman–Crippen LogP) is 3.49. The Kier molecular flexibility index (Phi) is 6.00. The van der Waals surface area contributed by atoms with E-state index in [-0.39, 0.29) is 5.91 Å². The van der Waals surface area contributed by atoms with Crippen LogP contribution >= 0.6 is 11.8 Å². The fraction of sp³-hybridized carbons (Fsp3) is 0.350. The number of carbonyl (C=O) groups excluding carboxylic acids is 1. The van der Waals surface area contributed by atoms with Crippen molar-refractivity contribution in [3.8, 4) is 5.75 Å². The number of amides is 1.